The Bertz CT molecular complexity index is 690. The number of carboxylic acids is 1. The molecule has 0 radical (unpaired) electrons. The summed E-state index contributed by atoms with van der Waals surface area (Å²) >= 11 is 4.39. The van der Waals surface area contributed by atoms with Gasteiger partial charge in [-0.05, 0) is 40.2 Å². The van der Waals surface area contributed by atoms with E-state index in [1.165, 1.54) is 23.9 Å². The number of halogens is 1. The maximum absolute atomic E-state index is 10.9. The van der Waals surface area contributed by atoms with Crippen LogP contribution in [0.25, 0.3) is 0 Å². The Morgan fingerprint density at radius 1 is 1.25 bits per heavy atom. The van der Waals surface area contributed by atoms with Crippen molar-refractivity contribution in [1.29, 1.82) is 0 Å². The summed E-state index contributed by atoms with van der Waals surface area (Å²) in [6.45, 7) is 0. The Kier molecular flexibility index (Phi) is 4.41. The first kappa shape index (κ1) is 14.5. The van der Waals surface area contributed by atoms with Crippen molar-refractivity contribution in [2.75, 3.05) is 0 Å². The number of nitro groups is 1. The van der Waals surface area contributed by atoms with Crippen molar-refractivity contribution in [3.8, 4) is 0 Å². The monoisotopic (exact) mass is 353 g/mol. The fraction of sp³-hybridized carbons (Fsp3) is 0. The molecule has 0 aliphatic heterocycles. The van der Waals surface area contributed by atoms with Gasteiger partial charge in [0.25, 0.3) is 5.69 Å². The average Bonchev–Trinajstić information content (AvgIpc) is 2.38. The first-order valence-electron chi connectivity index (χ1n) is 5.43. The van der Waals surface area contributed by atoms with Crippen LogP contribution in [0.1, 0.15) is 10.4 Å². The van der Waals surface area contributed by atoms with Crippen molar-refractivity contribution in [1.82, 2.24) is 0 Å². The molecule has 0 aliphatic rings. The zero-order valence-electron chi connectivity index (χ0n) is 9.95. The standard InChI is InChI=1S/C13H8BrNO4S/c14-10-7-8(5-6-9(10)13(16)17)20-12-4-2-1-3-11(12)15(18)19/h1-7H,(H,16,17). The van der Waals surface area contributed by atoms with Crippen molar-refractivity contribution < 1.29 is 14.8 Å². The Morgan fingerprint density at radius 3 is 2.55 bits per heavy atom. The lowest BCUT2D eigenvalue weighted by molar-refractivity contribution is -0.387. The molecular formula is C13H8BrNO4S. The third kappa shape index (κ3) is 3.17. The van der Waals surface area contributed by atoms with Gasteiger partial charge in [0.1, 0.15) is 0 Å². The molecule has 0 aromatic heterocycles. The van der Waals surface area contributed by atoms with Crippen LogP contribution < -0.4 is 0 Å². The topological polar surface area (TPSA) is 80.4 Å². The van der Waals surface area contributed by atoms with Crippen molar-refractivity contribution in [3.63, 3.8) is 0 Å². The highest BCUT2D eigenvalue weighted by molar-refractivity contribution is 9.10. The van der Waals surface area contributed by atoms with Gasteiger partial charge in [-0.3, -0.25) is 10.1 Å². The van der Waals surface area contributed by atoms with Crippen LogP contribution in [0.15, 0.2) is 56.7 Å². The minimum Gasteiger partial charge on any atom is -0.478 e. The molecule has 2 aromatic carbocycles. The summed E-state index contributed by atoms with van der Waals surface area (Å²) in [5.41, 5.74) is 0.174. The van der Waals surface area contributed by atoms with Gasteiger partial charge in [0.15, 0.2) is 0 Å². The smallest absolute Gasteiger partial charge is 0.336 e. The minimum absolute atomic E-state index is 0.0240. The first-order chi connectivity index (χ1) is 9.49. The molecule has 0 heterocycles. The van der Waals surface area contributed by atoms with E-state index in [4.69, 9.17) is 5.11 Å². The molecule has 7 heteroatoms. The molecule has 0 aliphatic carbocycles. The summed E-state index contributed by atoms with van der Waals surface area (Å²) in [5, 5.41) is 19.9. The number of rotatable bonds is 4. The number of carboxylic acid groups (broad SMARTS) is 1. The predicted molar refractivity (Wildman–Crippen MR) is 78.3 cm³/mol. The average molecular weight is 354 g/mol. The van der Waals surface area contributed by atoms with Crippen LogP contribution in [0.3, 0.4) is 0 Å². The van der Waals surface area contributed by atoms with E-state index in [1.807, 2.05) is 0 Å². The molecule has 20 heavy (non-hydrogen) atoms. The van der Waals surface area contributed by atoms with Crippen molar-refractivity contribution in [2.24, 2.45) is 0 Å². The van der Waals surface area contributed by atoms with E-state index in [-0.39, 0.29) is 11.3 Å². The van der Waals surface area contributed by atoms with E-state index >= 15 is 0 Å². The summed E-state index contributed by atoms with van der Waals surface area (Å²) in [6, 6.07) is 11.1. The molecule has 0 bridgehead atoms. The molecule has 0 unspecified atom stereocenters. The van der Waals surface area contributed by atoms with Crippen LogP contribution in [0.5, 0.6) is 0 Å². The maximum atomic E-state index is 10.9. The first-order valence-corrected chi connectivity index (χ1v) is 7.04. The Morgan fingerprint density at radius 2 is 1.95 bits per heavy atom. The predicted octanol–water partition coefficient (Wildman–Crippen LogP) is 4.21. The van der Waals surface area contributed by atoms with Crippen molar-refractivity contribution >= 4 is 39.3 Å². The van der Waals surface area contributed by atoms with Gasteiger partial charge in [-0.25, -0.2) is 4.79 Å². The minimum atomic E-state index is -1.03. The van der Waals surface area contributed by atoms with Gasteiger partial charge in [-0.1, -0.05) is 23.9 Å². The van der Waals surface area contributed by atoms with Gasteiger partial charge >= 0.3 is 5.97 Å². The number of aromatic carboxylic acids is 1. The molecule has 0 spiro atoms. The molecular weight excluding hydrogens is 346 g/mol. The second-order valence-electron chi connectivity index (χ2n) is 3.77. The highest BCUT2D eigenvalue weighted by Crippen LogP contribution is 2.36. The second kappa shape index (κ2) is 6.06. The van der Waals surface area contributed by atoms with Crippen LogP contribution in [0, 0.1) is 10.1 Å². The Labute approximate surface area is 126 Å². The number of nitrogens with zero attached hydrogens (tertiary/aromatic N) is 1. The third-order valence-corrected chi connectivity index (χ3v) is 4.17. The van der Waals surface area contributed by atoms with E-state index in [2.05, 4.69) is 15.9 Å². The molecule has 0 saturated carbocycles. The van der Waals surface area contributed by atoms with Crippen molar-refractivity contribution in [2.45, 2.75) is 9.79 Å². The van der Waals surface area contributed by atoms with Gasteiger partial charge < -0.3 is 5.11 Å². The van der Waals surface area contributed by atoms with Gasteiger partial charge in [0.05, 0.1) is 15.4 Å². The number of benzene rings is 2. The summed E-state index contributed by atoms with van der Waals surface area (Å²) in [6.07, 6.45) is 0. The van der Waals surface area contributed by atoms with E-state index in [0.717, 1.165) is 4.90 Å². The van der Waals surface area contributed by atoms with E-state index in [9.17, 15) is 14.9 Å². The molecule has 102 valence electrons. The Hall–Kier alpha value is -1.86. The van der Waals surface area contributed by atoms with E-state index in [0.29, 0.717) is 9.37 Å². The number of hydrogen-bond donors (Lipinski definition) is 1. The van der Waals surface area contributed by atoms with Gasteiger partial charge in [0, 0.05) is 15.4 Å². The highest BCUT2D eigenvalue weighted by atomic mass is 79.9. The molecule has 2 rings (SSSR count). The second-order valence-corrected chi connectivity index (χ2v) is 5.74. The van der Waals surface area contributed by atoms with Crippen LogP contribution in [-0.2, 0) is 0 Å². The summed E-state index contributed by atoms with van der Waals surface area (Å²) in [7, 11) is 0. The van der Waals surface area contributed by atoms with Gasteiger partial charge in [0.2, 0.25) is 0 Å². The van der Waals surface area contributed by atoms with Gasteiger partial charge in [-0.15, -0.1) is 0 Å². The quantitative estimate of drug-likeness (QED) is 0.657. The highest BCUT2D eigenvalue weighted by Gasteiger charge is 2.15. The molecule has 0 atom stereocenters. The van der Waals surface area contributed by atoms with E-state index in [1.54, 1.807) is 30.3 Å². The summed E-state index contributed by atoms with van der Waals surface area (Å²) in [5.74, 6) is -1.03. The SMILES string of the molecule is O=C(O)c1ccc(Sc2ccccc2[N+](=O)[O-])cc1Br. The lowest BCUT2D eigenvalue weighted by Crippen LogP contribution is -1.97. The molecule has 0 amide bonds. The molecule has 0 saturated heterocycles. The van der Waals surface area contributed by atoms with Crippen LogP contribution in [-0.4, -0.2) is 16.0 Å². The third-order valence-electron chi connectivity index (χ3n) is 2.46. The largest absolute Gasteiger partial charge is 0.478 e. The molecule has 0 fully saturated rings. The fourth-order valence-corrected chi connectivity index (χ4v) is 3.21. The number of carbonyl (C=O) groups is 1. The molecule has 5 nitrogen and oxygen atoms in total. The number of hydrogen-bond acceptors (Lipinski definition) is 4. The summed E-state index contributed by atoms with van der Waals surface area (Å²) < 4.78 is 0.439. The van der Waals surface area contributed by atoms with Crippen LogP contribution in [0.2, 0.25) is 0 Å². The normalized spacial score (nSPS) is 10.2. The lowest BCUT2D eigenvalue weighted by atomic mass is 10.2. The number of nitro benzene ring substituents is 1. The van der Waals surface area contributed by atoms with Crippen LogP contribution >= 0.6 is 27.7 Å². The van der Waals surface area contributed by atoms with Crippen molar-refractivity contribution in [3.05, 3.63) is 62.6 Å². The van der Waals surface area contributed by atoms with Gasteiger partial charge in [-0.2, -0.15) is 0 Å². The molecule has 1 N–H and O–H groups in total. The lowest BCUT2D eigenvalue weighted by Gasteiger charge is -2.05. The van der Waals surface area contributed by atoms with Crippen LogP contribution in [0.4, 0.5) is 5.69 Å². The maximum Gasteiger partial charge on any atom is 0.336 e. The molecule has 2 aromatic rings. The van der Waals surface area contributed by atoms with E-state index < -0.39 is 10.9 Å². The fourth-order valence-electron chi connectivity index (χ4n) is 1.55. The summed E-state index contributed by atoms with van der Waals surface area (Å²) in [4.78, 5) is 22.6. The zero-order valence-corrected chi connectivity index (χ0v) is 12.3. The number of para-hydroxylation sites is 1. The zero-order chi connectivity index (χ0) is 14.7. The Balaban J connectivity index is 2.34.